The van der Waals surface area contributed by atoms with Crippen LogP contribution < -0.4 is 10.1 Å². The van der Waals surface area contributed by atoms with Gasteiger partial charge in [-0.3, -0.25) is 9.48 Å². The van der Waals surface area contributed by atoms with Gasteiger partial charge in [-0.05, 0) is 66.2 Å². The second-order valence-electron chi connectivity index (χ2n) is 7.17. The number of nitrogens with one attached hydrogen (secondary N) is 1. The Morgan fingerprint density at radius 1 is 1.00 bits per heavy atom. The van der Waals surface area contributed by atoms with Crippen LogP contribution in [0.5, 0.6) is 11.5 Å². The minimum Gasteiger partial charge on any atom is -0.457 e. The van der Waals surface area contributed by atoms with E-state index >= 15 is 0 Å². The van der Waals surface area contributed by atoms with Gasteiger partial charge in [-0.25, -0.2) is 0 Å². The molecular weight excluding hydrogens is 402 g/mol. The molecule has 0 aliphatic rings. The molecule has 0 fully saturated rings. The number of aromatic nitrogens is 2. The maximum Gasteiger partial charge on any atom is 0.247 e. The number of aliphatic hydroxyl groups is 1. The maximum atomic E-state index is 11.5. The first-order chi connectivity index (χ1) is 15.6. The second-order valence-corrected chi connectivity index (χ2v) is 7.17. The smallest absolute Gasteiger partial charge is 0.247 e. The number of carbonyl (C=O) groups is 1. The molecule has 1 aromatic heterocycles. The number of anilines is 1. The molecule has 0 unspecified atom stereocenters. The third kappa shape index (κ3) is 5.11. The summed E-state index contributed by atoms with van der Waals surface area (Å²) in [5, 5.41) is 17.3. The van der Waals surface area contributed by atoms with Gasteiger partial charge < -0.3 is 15.2 Å². The van der Waals surface area contributed by atoms with E-state index in [0.717, 1.165) is 28.3 Å². The van der Waals surface area contributed by atoms with Gasteiger partial charge in [-0.2, -0.15) is 5.10 Å². The minimum absolute atomic E-state index is 0.130. The van der Waals surface area contributed by atoms with Gasteiger partial charge in [0.15, 0.2) is 0 Å². The fourth-order valence-corrected chi connectivity index (χ4v) is 3.29. The highest BCUT2D eigenvalue weighted by Gasteiger charge is 2.11. The lowest BCUT2D eigenvalue weighted by Gasteiger charge is -2.08. The highest BCUT2D eigenvalue weighted by Crippen LogP contribution is 2.26. The summed E-state index contributed by atoms with van der Waals surface area (Å²) in [5.41, 5.74) is 4.01. The molecule has 0 aliphatic heterocycles. The zero-order valence-corrected chi connectivity index (χ0v) is 17.4. The van der Waals surface area contributed by atoms with E-state index in [4.69, 9.17) is 4.74 Å². The number of hydrogen-bond donors (Lipinski definition) is 2. The van der Waals surface area contributed by atoms with Crippen LogP contribution in [0.2, 0.25) is 0 Å². The molecule has 0 aliphatic carbocycles. The summed E-state index contributed by atoms with van der Waals surface area (Å²) < 4.78 is 7.61. The number of aliphatic hydroxyl groups excluding tert-OH is 1. The van der Waals surface area contributed by atoms with E-state index in [1.54, 1.807) is 4.68 Å². The van der Waals surface area contributed by atoms with E-state index in [1.165, 1.54) is 6.08 Å². The summed E-state index contributed by atoms with van der Waals surface area (Å²) in [6.07, 6.45) is 1.23. The predicted octanol–water partition coefficient (Wildman–Crippen LogP) is 5.01. The second kappa shape index (κ2) is 9.76. The summed E-state index contributed by atoms with van der Waals surface area (Å²) in [4.78, 5) is 11.5. The molecule has 4 aromatic rings. The normalized spacial score (nSPS) is 10.5. The van der Waals surface area contributed by atoms with Crippen molar-refractivity contribution in [3.63, 3.8) is 0 Å². The van der Waals surface area contributed by atoms with Crippen molar-refractivity contribution in [2.24, 2.45) is 0 Å². The lowest BCUT2D eigenvalue weighted by Crippen LogP contribution is -2.09. The van der Waals surface area contributed by atoms with Crippen molar-refractivity contribution in [1.82, 2.24) is 9.78 Å². The van der Waals surface area contributed by atoms with Gasteiger partial charge in [0.05, 0.1) is 24.5 Å². The van der Waals surface area contributed by atoms with Crippen molar-refractivity contribution in [3.8, 4) is 22.8 Å². The van der Waals surface area contributed by atoms with Crippen LogP contribution >= 0.6 is 0 Å². The van der Waals surface area contributed by atoms with Gasteiger partial charge in [-0.1, -0.05) is 36.9 Å². The molecule has 2 N–H and O–H groups in total. The summed E-state index contributed by atoms with van der Waals surface area (Å²) in [6, 6.07) is 26.6. The van der Waals surface area contributed by atoms with Crippen molar-refractivity contribution >= 4 is 11.6 Å². The molecule has 0 radical (unpaired) electrons. The molecule has 6 heteroatoms. The molecule has 6 nitrogen and oxygen atoms in total. The Balaban J connectivity index is 1.51. The third-order valence-electron chi connectivity index (χ3n) is 4.87. The predicted molar refractivity (Wildman–Crippen MR) is 124 cm³/mol. The Labute approximate surface area is 186 Å². The zero-order valence-electron chi connectivity index (χ0n) is 17.4. The van der Waals surface area contributed by atoms with Crippen LogP contribution in [0.15, 0.2) is 97.6 Å². The van der Waals surface area contributed by atoms with Crippen LogP contribution in [0.1, 0.15) is 11.3 Å². The molecule has 1 amide bonds. The van der Waals surface area contributed by atoms with Gasteiger partial charge >= 0.3 is 0 Å². The van der Waals surface area contributed by atoms with Crippen molar-refractivity contribution in [3.05, 3.63) is 109 Å². The lowest BCUT2D eigenvalue weighted by molar-refractivity contribution is -0.111. The average Bonchev–Trinajstić information content (AvgIpc) is 3.23. The molecular formula is C26H23N3O3. The van der Waals surface area contributed by atoms with E-state index in [1.807, 2.05) is 84.9 Å². The molecule has 4 rings (SSSR count). The molecule has 0 saturated carbocycles. The van der Waals surface area contributed by atoms with Gasteiger partial charge in [-0.15, -0.1) is 0 Å². The number of rotatable bonds is 8. The topological polar surface area (TPSA) is 76.4 Å². The highest BCUT2D eigenvalue weighted by molar-refractivity contribution is 5.98. The Morgan fingerprint density at radius 2 is 1.75 bits per heavy atom. The van der Waals surface area contributed by atoms with E-state index in [2.05, 4.69) is 17.0 Å². The highest BCUT2D eigenvalue weighted by atomic mass is 16.5. The number of carbonyl (C=O) groups excluding carboxylic acids is 1. The number of hydrogen-bond acceptors (Lipinski definition) is 4. The molecule has 160 valence electrons. The Hall–Kier alpha value is -4.16. The standard InChI is InChI=1S/C26H23N3O3/c1-2-26(31)27-21-8-6-7-19(15-21)17-29-22(18-30)16-25(28-29)20-11-13-24(14-12-20)32-23-9-4-3-5-10-23/h2-16,30H,1,17-18H2,(H,27,31). The third-order valence-corrected chi connectivity index (χ3v) is 4.87. The van der Waals surface area contributed by atoms with Crippen LogP contribution in [0.25, 0.3) is 11.3 Å². The average molecular weight is 425 g/mol. The first-order valence-corrected chi connectivity index (χ1v) is 10.2. The molecule has 3 aromatic carbocycles. The van der Waals surface area contributed by atoms with Crippen molar-refractivity contribution in [2.75, 3.05) is 5.32 Å². The van der Waals surface area contributed by atoms with Gasteiger partial charge in [0, 0.05) is 11.3 Å². The Bertz CT molecular complexity index is 1210. The number of benzene rings is 3. The number of nitrogens with zero attached hydrogens (tertiary/aromatic N) is 2. The number of amides is 1. The van der Waals surface area contributed by atoms with Crippen LogP contribution in [0, 0.1) is 0 Å². The molecule has 32 heavy (non-hydrogen) atoms. The monoisotopic (exact) mass is 425 g/mol. The van der Waals surface area contributed by atoms with Crippen molar-refractivity contribution in [2.45, 2.75) is 13.2 Å². The fraction of sp³-hybridized carbons (Fsp3) is 0.0769. The van der Waals surface area contributed by atoms with Crippen LogP contribution in [0.4, 0.5) is 5.69 Å². The zero-order chi connectivity index (χ0) is 22.3. The van der Waals surface area contributed by atoms with Crippen molar-refractivity contribution in [1.29, 1.82) is 0 Å². The van der Waals surface area contributed by atoms with Crippen LogP contribution in [-0.2, 0) is 17.9 Å². The van der Waals surface area contributed by atoms with Gasteiger partial charge in [0.25, 0.3) is 0 Å². The first-order valence-electron chi connectivity index (χ1n) is 10.2. The molecule has 0 bridgehead atoms. The molecule has 0 saturated heterocycles. The van der Waals surface area contributed by atoms with E-state index in [-0.39, 0.29) is 12.5 Å². The molecule has 0 spiro atoms. The molecule has 1 heterocycles. The summed E-state index contributed by atoms with van der Waals surface area (Å²) >= 11 is 0. The van der Waals surface area contributed by atoms with E-state index < -0.39 is 0 Å². The van der Waals surface area contributed by atoms with Crippen LogP contribution in [-0.4, -0.2) is 20.8 Å². The number of ether oxygens (including phenoxy) is 1. The van der Waals surface area contributed by atoms with Crippen LogP contribution in [0.3, 0.4) is 0 Å². The van der Waals surface area contributed by atoms with Gasteiger partial charge in [0.1, 0.15) is 11.5 Å². The van der Waals surface area contributed by atoms with E-state index in [0.29, 0.717) is 17.9 Å². The SMILES string of the molecule is C=CC(=O)Nc1cccc(Cn2nc(-c3ccc(Oc4ccccc4)cc3)cc2CO)c1. The summed E-state index contributed by atoms with van der Waals surface area (Å²) in [6.45, 7) is 3.80. The Morgan fingerprint density at radius 3 is 2.47 bits per heavy atom. The summed E-state index contributed by atoms with van der Waals surface area (Å²) in [5.74, 6) is 1.25. The summed E-state index contributed by atoms with van der Waals surface area (Å²) in [7, 11) is 0. The Kier molecular flexibility index (Phi) is 6.43. The quantitative estimate of drug-likeness (QED) is 0.389. The minimum atomic E-state index is -0.265. The fourth-order valence-electron chi connectivity index (χ4n) is 3.29. The van der Waals surface area contributed by atoms with Crippen molar-refractivity contribution < 1.29 is 14.6 Å². The largest absolute Gasteiger partial charge is 0.457 e. The first kappa shape index (κ1) is 21.1. The van der Waals surface area contributed by atoms with E-state index in [9.17, 15) is 9.90 Å². The number of para-hydroxylation sites is 1. The van der Waals surface area contributed by atoms with Gasteiger partial charge in [0.2, 0.25) is 5.91 Å². The molecule has 0 atom stereocenters. The lowest BCUT2D eigenvalue weighted by atomic mass is 10.1. The maximum absolute atomic E-state index is 11.5.